The van der Waals surface area contributed by atoms with Crippen LogP contribution in [0.15, 0.2) is 35.2 Å². The average molecular weight is 718 g/mol. The van der Waals surface area contributed by atoms with Crippen molar-refractivity contribution in [2.45, 2.75) is 162 Å². The maximum absolute atomic E-state index is 14.1. The summed E-state index contributed by atoms with van der Waals surface area (Å²) in [5.74, 6) is -1.89. The standard InChI is InChI=1S/C36H59N5O5S.C3H8/c1-8-10-11-15-20-36(7,21-23-47-26-17-13-12-14-18-26)40-34(46)39-30(35(4,5)6)33(45)41-22-16-19-28(41)32(44)38-27(24-25(3)9-2)29(42)31(37)43;1-3-2/h12-14,17-18,25,27-28,30H,8-11,15-16,19-24H2,1-7H3,(H2,37,43)(H,38,44)(H2,39,40,46);3H2,1-2H3/t25?,27?,28-,30?,36?;/m0./s1. The second-order valence-electron chi connectivity index (χ2n) is 15.1. The molecule has 50 heavy (non-hydrogen) atoms. The number of likely N-dealkylation sites (tertiary alicyclic amines) is 1. The van der Waals surface area contributed by atoms with Crippen LogP contribution in [0.2, 0.25) is 0 Å². The van der Waals surface area contributed by atoms with E-state index in [1.807, 2.05) is 52.8 Å². The first-order valence-corrected chi connectivity index (χ1v) is 19.7. The van der Waals surface area contributed by atoms with E-state index in [1.54, 1.807) is 11.8 Å². The van der Waals surface area contributed by atoms with Crippen LogP contribution in [0.25, 0.3) is 0 Å². The van der Waals surface area contributed by atoms with Gasteiger partial charge < -0.3 is 26.6 Å². The maximum atomic E-state index is 14.1. The summed E-state index contributed by atoms with van der Waals surface area (Å²) in [6.45, 7) is 18.4. The molecule has 0 saturated carbocycles. The second-order valence-corrected chi connectivity index (χ2v) is 16.3. The van der Waals surface area contributed by atoms with Gasteiger partial charge in [0.05, 0.1) is 6.04 Å². The van der Waals surface area contributed by atoms with E-state index in [2.05, 4.69) is 55.8 Å². The Morgan fingerprint density at radius 2 is 1.58 bits per heavy atom. The number of rotatable bonds is 19. The van der Waals surface area contributed by atoms with Crippen LogP contribution in [0.5, 0.6) is 0 Å². The monoisotopic (exact) mass is 717 g/mol. The van der Waals surface area contributed by atoms with Crippen molar-refractivity contribution < 1.29 is 24.0 Å². The van der Waals surface area contributed by atoms with Crippen molar-refractivity contribution in [1.29, 1.82) is 0 Å². The van der Waals surface area contributed by atoms with Crippen LogP contribution in [0.1, 0.15) is 133 Å². The zero-order valence-corrected chi connectivity index (χ0v) is 33.2. The first-order valence-electron chi connectivity index (χ1n) is 18.7. The Bertz CT molecular complexity index is 1210. The lowest BCUT2D eigenvalue weighted by molar-refractivity contribution is -0.143. The SMILES string of the molecule is CCC.CCCCCCC(C)(CCSc1ccccc1)NC(=O)NC(C(=O)N1CCC[C@H]1C(=O)NC(CC(C)CC)C(=O)C(N)=O)C(C)(C)C. The molecule has 1 heterocycles. The second kappa shape index (κ2) is 22.7. The predicted octanol–water partition coefficient (Wildman–Crippen LogP) is 6.99. The van der Waals surface area contributed by atoms with Crippen molar-refractivity contribution in [3.8, 4) is 0 Å². The third-order valence-electron chi connectivity index (χ3n) is 9.10. The number of thioether (sulfide) groups is 1. The number of nitrogens with zero attached hydrogens (tertiary/aromatic N) is 1. The number of hydrogen-bond acceptors (Lipinski definition) is 6. The average Bonchev–Trinajstić information content (AvgIpc) is 3.55. The van der Waals surface area contributed by atoms with Crippen molar-refractivity contribution in [1.82, 2.24) is 20.9 Å². The summed E-state index contributed by atoms with van der Waals surface area (Å²) in [6.07, 6.45) is 9.22. The highest BCUT2D eigenvalue weighted by Gasteiger charge is 2.43. The number of amides is 5. The third-order valence-corrected chi connectivity index (χ3v) is 10.1. The summed E-state index contributed by atoms with van der Waals surface area (Å²) >= 11 is 1.76. The van der Waals surface area contributed by atoms with E-state index in [0.717, 1.165) is 50.7 Å². The van der Waals surface area contributed by atoms with Gasteiger partial charge in [-0.1, -0.05) is 112 Å². The van der Waals surface area contributed by atoms with Crippen molar-refractivity contribution >= 4 is 41.3 Å². The first-order chi connectivity index (χ1) is 23.5. The van der Waals surface area contributed by atoms with E-state index in [-0.39, 0.29) is 18.2 Å². The van der Waals surface area contributed by atoms with Gasteiger partial charge in [-0.25, -0.2) is 4.79 Å². The van der Waals surface area contributed by atoms with Crippen LogP contribution in [-0.4, -0.2) is 70.4 Å². The molecule has 1 aliphatic heterocycles. The smallest absolute Gasteiger partial charge is 0.315 e. The number of nitrogens with two attached hydrogens (primary N) is 1. The van der Waals surface area contributed by atoms with Crippen molar-refractivity contribution in [3.63, 3.8) is 0 Å². The number of hydrogen-bond donors (Lipinski definition) is 4. The minimum Gasteiger partial charge on any atom is -0.363 e. The molecule has 10 nitrogen and oxygen atoms in total. The molecule has 1 aromatic rings. The van der Waals surface area contributed by atoms with Gasteiger partial charge in [0, 0.05) is 22.7 Å². The van der Waals surface area contributed by atoms with Gasteiger partial charge in [-0.05, 0) is 62.5 Å². The number of nitrogens with one attached hydrogen (secondary N) is 3. The molecule has 1 aromatic carbocycles. The minimum absolute atomic E-state index is 0.0761. The van der Waals surface area contributed by atoms with E-state index in [0.29, 0.717) is 19.4 Å². The van der Waals surface area contributed by atoms with Crippen molar-refractivity contribution in [3.05, 3.63) is 30.3 Å². The van der Waals surface area contributed by atoms with Crippen LogP contribution in [-0.2, 0) is 19.2 Å². The van der Waals surface area contributed by atoms with E-state index >= 15 is 0 Å². The fourth-order valence-corrected chi connectivity index (χ4v) is 7.04. The van der Waals surface area contributed by atoms with Crippen LogP contribution < -0.4 is 21.7 Å². The molecule has 0 bridgehead atoms. The molecule has 11 heteroatoms. The molecular weight excluding hydrogens is 651 g/mol. The normalized spacial score (nSPS) is 17.3. The molecule has 284 valence electrons. The van der Waals surface area contributed by atoms with Gasteiger partial charge in [0.25, 0.3) is 5.91 Å². The molecule has 4 unspecified atom stereocenters. The van der Waals surface area contributed by atoms with Crippen LogP contribution in [0, 0.1) is 11.3 Å². The first kappa shape index (κ1) is 44.9. The molecule has 0 spiro atoms. The van der Waals surface area contributed by atoms with E-state index < -0.39 is 52.7 Å². The summed E-state index contributed by atoms with van der Waals surface area (Å²) in [5, 5.41) is 8.90. The van der Waals surface area contributed by atoms with Gasteiger partial charge in [-0.2, -0.15) is 0 Å². The van der Waals surface area contributed by atoms with Gasteiger partial charge in [-0.15, -0.1) is 11.8 Å². The quantitative estimate of drug-likeness (QED) is 0.0688. The fourth-order valence-electron chi connectivity index (χ4n) is 5.90. The molecule has 0 radical (unpaired) electrons. The lowest BCUT2D eigenvalue weighted by atomic mass is 9.85. The zero-order chi connectivity index (χ0) is 37.9. The predicted molar refractivity (Wildman–Crippen MR) is 205 cm³/mol. The Kier molecular flexibility index (Phi) is 20.4. The third kappa shape index (κ3) is 15.9. The Hall–Kier alpha value is -3.08. The van der Waals surface area contributed by atoms with Gasteiger partial charge >= 0.3 is 6.03 Å². The number of unbranched alkanes of at least 4 members (excludes halogenated alkanes) is 3. The van der Waals surface area contributed by atoms with Gasteiger partial charge in [0.1, 0.15) is 12.1 Å². The minimum atomic E-state index is -1.10. The summed E-state index contributed by atoms with van der Waals surface area (Å²) in [6, 6.07) is 6.99. The summed E-state index contributed by atoms with van der Waals surface area (Å²) in [5.41, 5.74) is 4.15. The summed E-state index contributed by atoms with van der Waals surface area (Å²) in [4.78, 5) is 68.1. The Balaban J connectivity index is 0.00000401. The topological polar surface area (TPSA) is 151 Å². The number of urea groups is 1. The molecule has 5 N–H and O–H groups in total. The number of benzene rings is 1. The Morgan fingerprint density at radius 1 is 0.940 bits per heavy atom. The highest BCUT2D eigenvalue weighted by atomic mass is 32.2. The van der Waals surface area contributed by atoms with E-state index in [4.69, 9.17) is 5.73 Å². The summed E-state index contributed by atoms with van der Waals surface area (Å²) in [7, 11) is 0. The van der Waals surface area contributed by atoms with E-state index in [1.165, 1.54) is 16.2 Å². The van der Waals surface area contributed by atoms with Crippen LogP contribution in [0.3, 0.4) is 0 Å². The fraction of sp³-hybridized carbons (Fsp3) is 0.718. The highest BCUT2D eigenvalue weighted by molar-refractivity contribution is 7.99. The molecule has 5 amide bonds. The van der Waals surface area contributed by atoms with Gasteiger partial charge in [0.2, 0.25) is 17.6 Å². The molecule has 1 saturated heterocycles. The molecule has 0 aromatic heterocycles. The van der Waals surface area contributed by atoms with Crippen molar-refractivity contribution in [2.75, 3.05) is 12.3 Å². The lowest BCUT2D eigenvalue weighted by Gasteiger charge is -2.37. The molecule has 1 aliphatic rings. The Labute approximate surface area is 306 Å². The van der Waals surface area contributed by atoms with Crippen LogP contribution >= 0.6 is 11.8 Å². The molecular formula is C39H67N5O5S. The highest BCUT2D eigenvalue weighted by Crippen LogP contribution is 2.28. The zero-order valence-electron chi connectivity index (χ0n) is 32.4. The lowest BCUT2D eigenvalue weighted by Crippen LogP contribution is -2.61. The van der Waals surface area contributed by atoms with Crippen molar-refractivity contribution in [2.24, 2.45) is 17.1 Å². The van der Waals surface area contributed by atoms with E-state index in [9.17, 15) is 24.0 Å². The number of ketones is 1. The Morgan fingerprint density at radius 3 is 2.14 bits per heavy atom. The number of carbonyl (C=O) groups is 5. The largest absolute Gasteiger partial charge is 0.363 e. The molecule has 1 fully saturated rings. The molecule has 5 atom stereocenters. The van der Waals surface area contributed by atoms with Gasteiger partial charge in [-0.3, -0.25) is 19.2 Å². The van der Waals surface area contributed by atoms with Crippen LogP contribution in [0.4, 0.5) is 4.79 Å². The summed E-state index contributed by atoms with van der Waals surface area (Å²) < 4.78 is 0. The molecule has 0 aliphatic carbocycles. The number of primary amides is 1. The molecule has 2 rings (SSSR count). The van der Waals surface area contributed by atoms with Gasteiger partial charge in [0.15, 0.2) is 0 Å². The maximum Gasteiger partial charge on any atom is 0.315 e. The number of Topliss-reactive ketones (excluding diaryl/α,β-unsaturated/α-hetero) is 1. The number of carbonyl (C=O) groups excluding carboxylic acids is 5.